The van der Waals surface area contributed by atoms with Crippen molar-refractivity contribution in [3.8, 4) is 0 Å². The number of pyridine rings is 1. The summed E-state index contributed by atoms with van der Waals surface area (Å²) in [6, 6.07) is 3.35. The number of rotatable bonds is 3. The van der Waals surface area contributed by atoms with Crippen LogP contribution in [0.5, 0.6) is 0 Å². The number of carboxylic acid groups (broad SMARTS) is 1. The molecule has 2 amide bonds. The Bertz CT molecular complexity index is 649. The van der Waals surface area contributed by atoms with Gasteiger partial charge in [0.05, 0.1) is 11.8 Å². The van der Waals surface area contributed by atoms with Gasteiger partial charge >= 0.3 is 5.97 Å². The molecule has 0 aliphatic carbocycles. The summed E-state index contributed by atoms with van der Waals surface area (Å²) in [5, 5.41) is 9.19. The summed E-state index contributed by atoms with van der Waals surface area (Å²) in [5.41, 5.74) is 0.576. The minimum Gasteiger partial charge on any atom is -0.481 e. The van der Waals surface area contributed by atoms with Crippen molar-refractivity contribution in [2.45, 2.75) is 25.7 Å². The van der Waals surface area contributed by atoms with E-state index in [0.29, 0.717) is 31.6 Å². The normalized spacial score (nSPS) is 24.0. The van der Waals surface area contributed by atoms with Crippen LogP contribution in [0, 0.1) is 11.8 Å². The smallest absolute Gasteiger partial charge is 0.308 e. The first kappa shape index (κ1) is 17.4. The fourth-order valence-corrected chi connectivity index (χ4v) is 3.68. The Hall–Kier alpha value is -2.44. The average Bonchev–Trinajstić information content (AvgIpc) is 2.67. The van der Waals surface area contributed by atoms with Gasteiger partial charge in [-0.1, -0.05) is 0 Å². The van der Waals surface area contributed by atoms with Gasteiger partial charge in [-0.25, -0.2) is 0 Å². The molecule has 2 aliphatic rings. The lowest BCUT2D eigenvalue weighted by molar-refractivity contribution is -0.147. The highest BCUT2D eigenvalue weighted by Crippen LogP contribution is 2.24. The van der Waals surface area contributed by atoms with Crippen molar-refractivity contribution in [2.75, 3.05) is 26.2 Å². The largest absolute Gasteiger partial charge is 0.481 e. The lowest BCUT2D eigenvalue weighted by Gasteiger charge is -2.37. The Morgan fingerprint density at radius 3 is 2.24 bits per heavy atom. The molecule has 7 heteroatoms. The highest BCUT2D eigenvalue weighted by molar-refractivity contribution is 5.94. The lowest BCUT2D eigenvalue weighted by Crippen LogP contribution is -2.50. The Morgan fingerprint density at radius 1 is 0.960 bits per heavy atom. The minimum atomic E-state index is -0.837. The van der Waals surface area contributed by atoms with Crippen LogP contribution in [0.2, 0.25) is 0 Å². The molecule has 1 N–H and O–H groups in total. The first-order valence-electron chi connectivity index (χ1n) is 8.77. The summed E-state index contributed by atoms with van der Waals surface area (Å²) in [6.45, 7) is 1.93. The Balaban J connectivity index is 1.63. The Labute approximate surface area is 146 Å². The number of nitrogens with zero attached hydrogens (tertiary/aromatic N) is 3. The lowest BCUT2D eigenvalue weighted by atomic mass is 9.93. The standard InChI is InChI=1S/C18H23N3O4/c22-16(13-5-7-19-8-6-13)20-9-1-3-14(11-20)17(23)21-10-2-4-15(12-21)18(24)25/h5-8,14-15H,1-4,9-12H2,(H,24,25). The van der Waals surface area contributed by atoms with Crippen LogP contribution in [0.3, 0.4) is 0 Å². The van der Waals surface area contributed by atoms with Crippen LogP contribution >= 0.6 is 0 Å². The monoisotopic (exact) mass is 345 g/mol. The molecule has 3 rings (SSSR count). The second-order valence-electron chi connectivity index (χ2n) is 6.79. The zero-order valence-electron chi connectivity index (χ0n) is 14.1. The van der Waals surface area contributed by atoms with Crippen molar-refractivity contribution in [2.24, 2.45) is 11.8 Å². The molecule has 2 aliphatic heterocycles. The number of carboxylic acids is 1. The third kappa shape index (κ3) is 3.97. The molecule has 2 unspecified atom stereocenters. The molecule has 0 bridgehead atoms. The number of amides is 2. The maximum atomic E-state index is 12.8. The molecule has 0 radical (unpaired) electrons. The fourth-order valence-electron chi connectivity index (χ4n) is 3.68. The van der Waals surface area contributed by atoms with E-state index in [2.05, 4.69) is 4.98 Å². The summed E-state index contributed by atoms with van der Waals surface area (Å²) >= 11 is 0. The predicted molar refractivity (Wildman–Crippen MR) is 89.8 cm³/mol. The van der Waals surface area contributed by atoms with Gasteiger partial charge in [0.2, 0.25) is 5.91 Å². The van der Waals surface area contributed by atoms with Crippen molar-refractivity contribution in [1.29, 1.82) is 0 Å². The number of likely N-dealkylation sites (tertiary alicyclic amines) is 2. The summed E-state index contributed by atoms with van der Waals surface area (Å²) < 4.78 is 0. The molecule has 0 aromatic carbocycles. The van der Waals surface area contributed by atoms with E-state index in [1.54, 1.807) is 34.3 Å². The Kier molecular flexibility index (Phi) is 5.31. The zero-order chi connectivity index (χ0) is 17.8. The molecule has 134 valence electrons. The van der Waals surface area contributed by atoms with Crippen LogP contribution in [0.25, 0.3) is 0 Å². The van der Waals surface area contributed by atoms with E-state index < -0.39 is 11.9 Å². The van der Waals surface area contributed by atoms with E-state index in [9.17, 15) is 19.5 Å². The topological polar surface area (TPSA) is 90.8 Å². The number of carbonyl (C=O) groups is 3. The van der Waals surface area contributed by atoms with Gasteiger partial charge in [-0.3, -0.25) is 19.4 Å². The van der Waals surface area contributed by atoms with Crippen LogP contribution in [-0.4, -0.2) is 63.9 Å². The van der Waals surface area contributed by atoms with E-state index in [1.165, 1.54) is 0 Å². The van der Waals surface area contributed by atoms with Gasteiger partial charge in [0.15, 0.2) is 0 Å². The SMILES string of the molecule is O=C(O)C1CCCN(C(=O)C2CCCN(C(=O)c3ccncc3)C2)C1. The second-order valence-corrected chi connectivity index (χ2v) is 6.79. The number of hydrogen-bond acceptors (Lipinski definition) is 4. The molecule has 7 nitrogen and oxygen atoms in total. The maximum absolute atomic E-state index is 12.8. The maximum Gasteiger partial charge on any atom is 0.308 e. The molecule has 2 atom stereocenters. The van der Waals surface area contributed by atoms with E-state index >= 15 is 0 Å². The molecule has 25 heavy (non-hydrogen) atoms. The quantitative estimate of drug-likeness (QED) is 0.890. The molecule has 0 saturated carbocycles. The molecular formula is C18H23N3O4. The summed E-state index contributed by atoms with van der Waals surface area (Å²) in [7, 11) is 0. The first-order chi connectivity index (χ1) is 12.1. The summed E-state index contributed by atoms with van der Waals surface area (Å²) in [4.78, 5) is 43.9. The van der Waals surface area contributed by atoms with Gasteiger partial charge in [0.1, 0.15) is 0 Å². The highest BCUT2D eigenvalue weighted by atomic mass is 16.4. The number of aliphatic carboxylic acids is 1. The first-order valence-corrected chi connectivity index (χ1v) is 8.77. The molecule has 2 saturated heterocycles. The highest BCUT2D eigenvalue weighted by Gasteiger charge is 2.34. The van der Waals surface area contributed by atoms with Gasteiger partial charge in [-0.2, -0.15) is 0 Å². The molecule has 2 fully saturated rings. The van der Waals surface area contributed by atoms with Crippen molar-refractivity contribution in [1.82, 2.24) is 14.8 Å². The van der Waals surface area contributed by atoms with Crippen molar-refractivity contribution in [3.63, 3.8) is 0 Å². The third-order valence-electron chi connectivity index (χ3n) is 5.07. The second kappa shape index (κ2) is 7.63. The van der Waals surface area contributed by atoms with Crippen LogP contribution < -0.4 is 0 Å². The van der Waals surface area contributed by atoms with Crippen LogP contribution in [0.15, 0.2) is 24.5 Å². The van der Waals surface area contributed by atoms with E-state index in [0.717, 1.165) is 19.3 Å². The van der Waals surface area contributed by atoms with Crippen LogP contribution in [0.1, 0.15) is 36.0 Å². The van der Waals surface area contributed by atoms with Crippen LogP contribution in [-0.2, 0) is 9.59 Å². The molecule has 0 spiro atoms. The number of aromatic nitrogens is 1. The van der Waals surface area contributed by atoms with E-state index in [-0.39, 0.29) is 24.3 Å². The Morgan fingerprint density at radius 2 is 1.56 bits per heavy atom. The number of hydrogen-bond donors (Lipinski definition) is 1. The van der Waals surface area contributed by atoms with Crippen molar-refractivity contribution >= 4 is 17.8 Å². The predicted octanol–water partition coefficient (Wildman–Crippen LogP) is 1.26. The van der Waals surface area contributed by atoms with Crippen LogP contribution in [0.4, 0.5) is 0 Å². The summed E-state index contributed by atoms with van der Waals surface area (Å²) in [5.74, 6) is -1.65. The summed E-state index contributed by atoms with van der Waals surface area (Å²) in [6.07, 6.45) is 6.03. The molecular weight excluding hydrogens is 322 g/mol. The fraction of sp³-hybridized carbons (Fsp3) is 0.556. The molecule has 1 aromatic rings. The number of piperidine rings is 2. The minimum absolute atomic E-state index is 0.0156. The van der Waals surface area contributed by atoms with Crippen molar-refractivity contribution < 1.29 is 19.5 Å². The third-order valence-corrected chi connectivity index (χ3v) is 5.07. The molecule has 3 heterocycles. The van der Waals surface area contributed by atoms with Gasteiger partial charge in [-0.05, 0) is 37.8 Å². The van der Waals surface area contributed by atoms with E-state index in [4.69, 9.17) is 0 Å². The zero-order valence-corrected chi connectivity index (χ0v) is 14.1. The molecule has 1 aromatic heterocycles. The van der Waals surface area contributed by atoms with Gasteiger partial charge < -0.3 is 14.9 Å². The van der Waals surface area contributed by atoms with Crippen molar-refractivity contribution in [3.05, 3.63) is 30.1 Å². The van der Waals surface area contributed by atoms with E-state index in [1.807, 2.05) is 0 Å². The number of carbonyl (C=O) groups excluding carboxylic acids is 2. The van der Waals surface area contributed by atoms with Gasteiger partial charge in [-0.15, -0.1) is 0 Å². The van der Waals surface area contributed by atoms with Gasteiger partial charge in [0, 0.05) is 44.1 Å². The van der Waals surface area contributed by atoms with Gasteiger partial charge in [0.25, 0.3) is 5.91 Å². The average molecular weight is 345 g/mol.